The molecule has 19 heavy (non-hydrogen) atoms. The second-order valence-corrected chi connectivity index (χ2v) is 4.82. The van der Waals surface area contributed by atoms with Crippen LogP contribution in [-0.2, 0) is 9.53 Å². The van der Waals surface area contributed by atoms with Crippen LogP contribution >= 0.6 is 0 Å². The van der Waals surface area contributed by atoms with Crippen molar-refractivity contribution in [3.63, 3.8) is 0 Å². The molecule has 0 aliphatic rings. The molecule has 0 saturated carbocycles. The summed E-state index contributed by atoms with van der Waals surface area (Å²) in [5.74, 6) is -0.868. The number of Topliss-reactive ketones (excluding diaryl/α,β-unsaturated/α-hetero) is 1. The smallest absolute Gasteiger partial charge is 0.331 e. The summed E-state index contributed by atoms with van der Waals surface area (Å²) in [5.41, 5.74) is 1.18. The van der Waals surface area contributed by atoms with Gasteiger partial charge in [-0.05, 0) is 26.3 Å². The van der Waals surface area contributed by atoms with Crippen LogP contribution in [0.1, 0.15) is 36.7 Å². The summed E-state index contributed by atoms with van der Waals surface area (Å²) >= 11 is 0. The van der Waals surface area contributed by atoms with Crippen molar-refractivity contribution < 1.29 is 14.3 Å². The van der Waals surface area contributed by atoms with Crippen LogP contribution in [-0.4, -0.2) is 17.4 Å². The molecular weight excluding hydrogens is 240 g/mol. The third-order valence-electron chi connectivity index (χ3n) is 2.71. The Morgan fingerprint density at radius 2 is 1.63 bits per heavy atom. The molecule has 0 N–H and O–H groups in total. The fraction of sp³-hybridized carbons (Fsp3) is 0.250. The summed E-state index contributed by atoms with van der Waals surface area (Å²) in [7, 11) is 0. The number of hydrogen-bond acceptors (Lipinski definition) is 3. The SMILES string of the molecule is C=CC(=O)OC(C)(C)C(=O)c1ccc(C(=C)C)cc1. The van der Waals surface area contributed by atoms with Gasteiger partial charge < -0.3 is 4.74 Å². The normalized spacial score (nSPS) is 10.7. The molecule has 0 saturated heterocycles. The minimum Gasteiger partial charge on any atom is -0.448 e. The van der Waals surface area contributed by atoms with Crippen LogP contribution in [0.2, 0.25) is 0 Å². The van der Waals surface area contributed by atoms with E-state index in [9.17, 15) is 9.59 Å². The quantitative estimate of drug-likeness (QED) is 0.462. The first-order valence-electron chi connectivity index (χ1n) is 5.94. The maximum atomic E-state index is 12.3. The number of allylic oxidation sites excluding steroid dienone is 1. The number of carbonyl (C=O) groups excluding carboxylic acids is 2. The van der Waals surface area contributed by atoms with Crippen LogP contribution in [0.3, 0.4) is 0 Å². The summed E-state index contributed by atoms with van der Waals surface area (Å²) in [6.07, 6.45) is 1.04. The zero-order valence-electron chi connectivity index (χ0n) is 11.5. The van der Waals surface area contributed by atoms with E-state index >= 15 is 0 Å². The van der Waals surface area contributed by atoms with E-state index in [1.54, 1.807) is 26.0 Å². The third kappa shape index (κ3) is 3.65. The Balaban J connectivity index is 2.96. The zero-order chi connectivity index (χ0) is 14.6. The minimum absolute atomic E-state index is 0.254. The van der Waals surface area contributed by atoms with Crippen molar-refractivity contribution in [2.45, 2.75) is 26.4 Å². The van der Waals surface area contributed by atoms with Gasteiger partial charge in [0.25, 0.3) is 0 Å². The minimum atomic E-state index is -1.21. The second-order valence-electron chi connectivity index (χ2n) is 4.82. The molecular formula is C16H18O3. The van der Waals surface area contributed by atoms with Crippen LogP contribution in [0.15, 0.2) is 43.5 Å². The van der Waals surface area contributed by atoms with Crippen molar-refractivity contribution in [3.05, 3.63) is 54.6 Å². The van der Waals surface area contributed by atoms with Gasteiger partial charge in [-0.15, -0.1) is 0 Å². The van der Waals surface area contributed by atoms with Gasteiger partial charge in [0.2, 0.25) is 5.78 Å². The first kappa shape index (κ1) is 14.9. The van der Waals surface area contributed by atoms with Crippen LogP contribution in [0.4, 0.5) is 0 Å². The maximum Gasteiger partial charge on any atom is 0.331 e. The highest BCUT2D eigenvalue weighted by molar-refractivity contribution is 6.03. The average Bonchev–Trinajstić information content (AvgIpc) is 2.37. The number of esters is 1. The predicted molar refractivity (Wildman–Crippen MR) is 75.8 cm³/mol. The van der Waals surface area contributed by atoms with Crippen molar-refractivity contribution in [1.82, 2.24) is 0 Å². The first-order chi connectivity index (χ1) is 8.77. The van der Waals surface area contributed by atoms with Gasteiger partial charge in [0.05, 0.1) is 0 Å². The molecule has 0 aliphatic carbocycles. The number of rotatable bonds is 5. The van der Waals surface area contributed by atoms with E-state index in [1.165, 1.54) is 0 Å². The standard InChI is InChI=1S/C16H18O3/c1-6-14(17)19-16(4,5)15(18)13-9-7-12(8-10-13)11(2)3/h6-10H,1-2H2,3-5H3. The summed E-state index contributed by atoms with van der Waals surface area (Å²) < 4.78 is 5.06. The topological polar surface area (TPSA) is 43.4 Å². The lowest BCUT2D eigenvalue weighted by Crippen LogP contribution is -2.36. The lowest BCUT2D eigenvalue weighted by Gasteiger charge is -2.23. The predicted octanol–water partition coefficient (Wildman–Crippen LogP) is 3.41. The van der Waals surface area contributed by atoms with Gasteiger partial charge in [-0.3, -0.25) is 4.79 Å². The average molecular weight is 258 g/mol. The molecule has 0 fully saturated rings. The van der Waals surface area contributed by atoms with Gasteiger partial charge in [0.1, 0.15) is 0 Å². The molecule has 1 rings (SSSR count). The van der Waals surface area contributed by atoms with Crippen molar-refractivity contribution >= 4 is 17.3 Å². The summed E-state index contributed by atoms with van der Waals surface area (Å²) in [4.78, 5) is 23.5. The van der Waals surface area contributed by atoms with Gasteiger partial charge in [0, 0.05) is 11.6 Å². The van der Waals surface area contributed by atoms with Crippen molar-refractivity contribution in [2.24, 2.45) is 0 Å². The Morgan fingerprint density at radius 3 is 2.05 bits per heavy atom. The molecule has 0 atom stereocenters. The van der Waals surface area contributed by atoms with Crippen LogP contribution in [0.5, 0.6) is 0 Å². The lowest BCUT2D eigenvalue weighted by atomic mass is 9.95. The number of carbonyl (C=O) groups is 2. The van der Waals surface area contributed by atoms with Crippen LogP contribution in [0, 0.1) is 0 Å². The molecule has 3 nitrogen and oxygen atoms in total. The highest BCUT2D eigenvalue weighted by Gasteiger charge is 2.32. The van der Waals surface area contributed by atoms with Crippen molar-refractivity contribution in [3.8, 4) is 0 Å². The first-order valence-corrected chi connectivity index (χ1v) is 5.94. The van der Waals surface area contributed by atoms with E-state index in [2.05, 4.69) is 13.2 Å². The van der Waals surface area contributed by atoms with E-state index < -0.39 is 11.6 Å². The number of hydrogen-bond donors (Lipinski definition) is 0. The maximum absolute atomic E-state index is 12.3. The molecule has 0 unspecified atom stereocenters. The highest BCUT2D eigenvalue weighted by atomic mass is 16.6. The van der Waals surface area contributed by atoms with E-state index in [0.29, 0.717) is 5.56 Å². The molecule has 1 aromatic rings. The monoisotopic (exact) mass is 258 g/mol. The van der Waals surface area contributed by atoms with Crippen LogP contribution < -0.4 is 0 Å². The van der Waals surface area contributed by atoms with Gasteiger partial charge in [-0.2, -0.15) is 0 Å². The molecule has 3 heteroatoms. The second kappa shape index (κ2) is 5.65. The molecule has 100 valence electrons. The molecule has 0 heterocycles. The summed E-state index contributed by atoms with van der Waals surface area (Å²) in [5, 5.41) is 0. The van der Waals surface area contributed by atoms with Gasteiger partial charge in [-0.25, -0.2) is 4.79 Å². The largest absolute Gasteiger partial charge is 0.448 e. The zero-order valence-corrected chi connectivity index (χ0v) is 11.5. The van der Waals surface area contributed by atoms with E-state index in [-0.39, 0.29) is 5.78 Å². The van der Waals surface area contributed by atoms with Gasteiger partial charge in [0.15, 0.2) is 5.60 Å². The third-order valence-corrected chi connectivity index (χ3v) is 2.71. The molecule has 0 aliphatic heterocycles. The molecule has 0 aromatic heterocycles. The van der Waals surface area contributed by atoms with Crippen LogP contribution in [0.25, 0.3) is 5.57 Å². The molecule has 0 bridgehead atoms. The molecule has 0 spiro atoms. The van der Waals surface area contributed by atoms with E-state index in [0.717, 1.165) is 17.2 Å². The fourth-order valence-corrected chi connectivity index (χ4v) is 1.59. The Morgan fingerprint density at radius 1 is 1.16 bits per heavy atom. The Bertz CT molecular complexity index is 521. The molecule has 0 radical (unpaired) electrons. The number of benzene rings is 1. The fourth-order valence-electron chi connectivity index (χ4n) is 1.59. The lowest BCUT2D eigenvalue weighted by molar-refractivity contribution is -0.146. The Labute approximate surface area is 113 Å². The highest BCUT2D eigenvalue weighted by Crippen LogP contribution is 2.20. The number of ether oxygens (including phenoxy) is 1. The van der Waals surface area contributed by atoms with Gasteiger partial charge in [-0.1, -0.05) is 43.0 Å². The summed E-state index contributed by atoms with van der Waals surface area (Å²) in [6, 6.07) is 7.05. The molecule has 0 amide bonds. The Kier molecular flexibility index (Phi) is 4.43. The van der Waals surface area contributed by atoms with Crippen molar-refractivity contribution in [1.29, 1.82) is 0 Å². The van der Waals surface area contributed by atoms with Gasteiger partial charge >= 0.3 is 5.97 Å². The summed E-state index contributed by atoms with van der Waals surface area (Å²) in [6.45, 7) is 12.2. The van der Waals surface area contributed by atoms with Crippen molar-refractivity contribution in [2.75, 3.05) is 0 Å². The molecule has 1 aromatic carbocycles. The van der Waals surface area contributed by atoms with E-state index in [4.69, 9.17) is 4.74 Å². The Hall–Kier alpha value is -2.16. The van der Waals surface area contributed by atoms with E-state index in [1.807, 2.05) is 19.1 Å². The number of ketones is 1.